The van der Waals surface area contributed by atoms with Crippen molar-refractivity contribution in [2.75, 3.05) is 30.4 Å². The maximum absolute atomic E-state index is 11.4. The Hall–Kier alpha value is -1.78. The second kappa shape index (κ2) is 3.37. The van der Waals surface area contributed by atoms with Crippen LogP contribution in [0.5, 0.6) is 0 Å². The highest BCUT2D eigenvalue weighted by Gasteiger charge is 2.31. The fourth-order valence-electron chi connectivity index (χ4n) is 2.32. The van der Waals surface area contributed by atoms with E-state index in [4.69, 9.17) is 0 Å². The van der Waals surface area contributed by atoms with Gasteiger partial charge in [0.1, 0.15) is 0 Å². The molecule has 2 bridgehead atoms. The summed E-state index contributed by atoms with van der Waals surface area (Å²) in [5.74, 6) is 0.411. The molecule has 5 heteroatoms. The molecule has 0 radical (unpaired) electrons. The minimum Gasteiger partial charge on any atom is -0.464 e. The van der Waals surface area contributed by atoms with E-state index in [2.05, 4.69) is 19.9 Å². The zero-order chi connectivity index (χ0) is 11.1. The van der Waals surface area contributed by atoms with Gasteiger partial charge >= 0.3 is 5.97 Å². The Morgan fingerprint density at radius 2 is 2.50 bits per heavy atom. The normalized spacial score (nSPS) is 21.3. The highest BCUT2D eigenvalue weighted by molar-refractivity contribution is 5.89. The molecule has 1 unspecified atom stereocenters. The van der Waals surface area contributed by atoms with Crippen LogP contribution in [-0.2, 0) is 4.74 Å². The number of nitrogens with zero attached hydrogens (tertiary/aromatic N) is 2. The molecule has 16 heavy (non-hydrogen) atoms. The van der Waals surface area contributed by atoms with Gasteiger partial charge in [0.25, 0.3) is 0 Å². The Kier molecular flexibility index (Phi) is 1.99. The highest BCUT2D eigenvalue weighted by Crippen LogP contribution is 2.33. The molecular weight excluding hydrogens is 206 g/mol. The third kappa shape index (κ3) is 1.31. The van der Waals surface area contributed by atoms with Crippen LogP contribution in [0.25, 0.3) is 0 Å². The van der Waals surface area contributed by atoms with Crippen LogP contribution >= 0.6 is 0 Å². The van der Waals surface area contributed by atoms with Gasteiger partial charge in [-0.15, -0.1) is 0 Å². The summed E-state index contributed by atoms with van der Waals surface area (Å²) in [6.45, 7) is 2.09. The molecule has 1 fully saturated rings. The number of carbonyl (C=O) groups is 1. The average Bonchev–Trinajstić information content (AvgIpc) is 2.70. The molecule has 0 saturated carbocycles. The predicted molar refractivity (Wildman–Crippen MR) is 59.8 cm³/mol. The van der Waals surface area contributed by atoms with Crippen molar-refractivity contribution in [3.63, 3.8) is 0 Å². The number of pyridine rings is 1. The van der Waals surface area contributed by atoms with Crippen molar-refractivity contribution in [2.24, 2.45) is 0 Å². The molecule has 1 aromatic heterocycles. The number of esters is 1. The van der Waals surface area contributed by atoms with Crippen molar-refractivity contribution in [3.05, 3.63) is 17.8 Å². The number of anilines is 2. The van der Waals surface area contributed by atoms with Crippen LogP contribution < -0.4 is 10.2 Å². The smallest absolute Gasteiger partial charge is 0.356 e. The highest BCUT2D eigenvalue weighted by atomic mass is 16.5. The summed E-state index contributed by atoms with van der Waals surface area (Å²) in [5, 5.41) is 3.35. The Labute approximate surface area is 93.4 Å². The lowest BCUT2D eigenvalue weighted by Gasteiger charge is -2.27. The largest absolute Gasteiger partial charge is 0.464 e. The number of hydrogen-bond donors (Lipinski definition) is 1. The van der Waals surface area contributed by atoms with E-state index in [0.29, 0.717) is 11.7 Å². The van der Waals surface area contributed by atoms with E-state index < -0.39 is 5.97 Å². The molecule has 2 aliphatic rings. The average molecular weight is 219 g/mol. The standard InChI is InChI=1S/C11H13N3O2/c1-16-11(15)8-2-3-9-10(13-8)12-7-4-5-14(9)6-7/h2-3,7H,4-6H2,1H3,(H,12,13). The number of carbonyl (C=O) groups excluding carboxylic acids is 1. The van der Waals surface area contributed by atoms with Crippen LogP contribution in [0.3, 0.4) is 0 Å². The molecule has 84 valence electrons. The van der Waals surface area contributed by atoms with Gasteiger partial charge in [0.15, 0.2) is 11.5 Å². The van der Waals surface area contributed by atoms with Crippen LogP contribution in [0, 0.1) is 0 Å². The number of fused-ring (bicyclic) bond motifs is 4. The minimum atomic E-state index is -0.391. The lowest BCUT2D eigenvalue weighted by Crippen LogP contribution is -2.32. The van der Waals surface area contributed by atoms with Crippen LogP contribution in [0.1, 0.15) is 16.9 Å². The van der Waals surface area contributed by atoms with Gasteiger partial charge in [-0.25, -0.2) is 9.78 Å². The van der Waals surface area contributed by atoms with Crippen LogP contribution in [0.15, 0.2) is 12.1 Å². The van der Waals surface area contributed by atoms with Gasteiger partial charge in [-0.1, -0.05) is 0 Å². The van der Waals surface area contributed by atoms with E-state index in [1.54, 1.807) is 6.07 Å². The van der Waals surface area contributed by atoms with Crippen LogP contribution in [-0.4, -0.2) is 37.2 Å². The first-order chi connectivity index (χ1) is 7.78. The predicted octanol–water partition coefficient (Wildman–Crippen LogP) is 0.872. The zero-order valence-electron chi connectivity index (χ0n) is 9.06. The van der Waals surface area contributed by atoms with Gasteiger partial charge < -0.3 is 15.0 Å². The lowest BCUT2D eigenvalue weighted by atomic mass is 10.2. The number of ether oxygens (including phenoxy) is 1. The Morgan fingerprint density at radius 1 is 1.62 bits per heavy atom. The second-order valence-electron chi connectivity index (χ2n) is 4.13. The van der Waals surface area contributed by atoms with E-state index in [-0.39, 0.29) is 0 Å². The molecule has 0 amide bonds. The Bertz CT molecular complexity index is 447. The first kappa shape index (κ1) is 9.45. The second-order valence-corrected chi connectivity index (χ2v) is 4.13. The lowest BCUT2D eigenvalue weighted by molar-refractivity contribution is 0.0594. The summed E-state index contributed by atoms with van der Waals surface area (Å²) >= 11 is 0. The zero-order valence-corrected chi connectivity index (χ0v) is 9.06. The third-order valence-corrected chi connectivity index (χ3v) is 3.14. The van der Waals surface area contributed by atoms with Crippen molar-refractivity contribution in [1.29, 1.82) is 0 Å². The monoisotopic (exact) mass is 219 g/mol. The van der Waals surface area contributed by atoms with Crippen molar-refractivity contribution in [1.82, 2.24) is 4.98 Å². The topological polar surface area (TPSA) is 54.5 Å². The fraction of sp³-hybridized carbons (Fsp3) is 0.455. The molecule has 5 nitrogen and oxygen atoms in total. The third-order valence-electron chi connectivity index (χ3n) is 3.14. The molecule has 2 aliphatic heterocycles. The van der Waals surface area contributed by atoms with Gasteiger partial charge in [0.2, 0.25) is 0 Å². The molecule has 1 atom stereocenters. The molecule has 1 N–H and O–H groups in total. The summed E-state index contributed by atoms with van der Waals surface area (Å²) in [6, 6.07) is 4.11. The fourth-order valence-corrected chi connectivity index (χ4v) is 2.32. The summed E-state index contributed by atoms with van der Waals surface area (Å²) in [5.41, 5.74) is 1.44. The van der Waals surface area contributed by atoms with E-state index in [9.17, 15) is 4.79 Å². The van der Waals surface area contributed by atoms with Crippen LogP contribution in [0.4, 0.5) is 11.5 Å². The summed E-state index contributed by atoms with van der Waals surface area (Å²) in [6.07, 6.45) is 1.13. The summed E-state index contributed by atoms with van der Waals surface area (Å²) in [4.78, 5) is 17.9. The van der Waals surface area contributed by atoms with Crippen molar-refractivity contribution in [3.8, 4) is 0 Å². The van der Waals surface area contributed by atoms with Crippen molar-refractivity contribution >= 4 is 17.5 Å². The molecule has 1 aromatic rings. The maximum Gasteiger partial charge on any atom is 0.356 e. The molecule has 0 aliphatic carbocycles. The maximum atomic E-state index is 11.4. The van der Waals surface area contributed by atoms with E-state index >= 15 is 0 Å². The van der Waals surface area contributed by atoms with Gasteiger partial charge in [0, 0.05) is 19.1 Å². The first-order valence-corrected chi connectivity index (χ1v) is 5.39. The summed E-state index contributed by atoms with van der Waals surface area (Å²) in [7, 11) is 1.37. The first-order valence-electron chi connectivity index (χ1n) is 5.39. The van der Waals surface area contributed by atoms with E-state index in [1.807, 2.05) is 6.07 Å². The summed E-state index contributed by atoms with van der Waals surface area (Å²) < 4.78 is 4.65. The number of hydrogen-bond acceptors (Lipinski definition) is 5. The van der Waals surface area contributed by atoms with E-state index in [1.165, 1.54) is 7.11 Å². The number of aromatic nitrogens is 1. The van der Waals surface area contributed by atoms with Crippen molar-refractivity contribution in [2.45, 2.75) is 12.5 Å². The molecule has 3 heterocycles. The van der Waals surface area contributed by atoms with E-state index in [0.717, 1.165) is 31.0 Å². The van der Waals surface area contributed by atoms with Crippen LogP contribution in [0.2, 0.25) is 0 Å². The van der Waals surface area contributed by atoms with Gasteiger partial charge in [-0.3, -0.25) is 0 Å². The number of nitrogens with one attached hydrogen (secondary N) is 1. The minimum absolute atomic E-state index is 0.358. The van der Waals surface area contributed by atoms with Gasteiger partial charge in [-0.2, -0.15) is 0 Å². The molecule has 0 aromatic carbocycles. The quantitative estimate of drug-likeness (QED) is 0.710. The SMILES string of the molecule is COC(=O)c1ccc2c(n1)NC1CCN2C1. The van der Waals surface area contributed by atoms with Gasteiger partial charge in [-0.05, 0) is 18.6 Å². The number of rotatable bonds is 1. The van der Waals surface area contributed by atoms with Gasteiger partial charge in [0.05, 0.1) is 12.8 Å². The number of methoxy groups -OCH3 is 1. The molecule has 3 rings (SSSR count). The molecular formula is C11H13N3O2. The Morgan fingerprint density at radius 3 is 3.31 bits per heavy atom. The van der Waals surface area contributed by atoms with Crippen molar-refractivity contribution < 1.29 is 9.53 Å². The Balaban J connectivity index is 2.00. The molecule has 1 saturated heterocycles. The molecule has 0 spiro atoms.